The molecule has 0 spiro atoms. The van der Waals surface area contributed by atoms with E-state index in [9.17, 15) is 0 Å². The molecule has 0 unspecified atom stereocenters. The molecule has 0 aromatic heterocycles. The first-order valence-corrected chi connectivity index (χ1v) is 7.52. The molecule has 0 saturated carbocycles. The maximum absolute atomic E-state index is 3.24. The summed E-state index contributed by atoms with van der Waals surface area (Å²) >= 11 is 0. The van der Waals surface area contributed by atoms with E-state index in [2.05, 4.69) is 77.9 Å². The van der Waals surface area contributed by atoms with Crippen LogP contribution in [0.5, 0.6) is 0 Å². The normalized spacial score (nSPS) is 13.9. The van der Waals surface area contributed by atoms with E-state index in [4.69, 9.17) is 0 Å². The number of nitrogens with one attached hydrogen (secondary N) is 1. The largest absolute Gasteiger partial charge is 0.318 e. The highest BCUT2D eigenvalue weighted by molar-refractivity contribution is 5.76. The van der Waals surface area contributed by atoms with E-state index >= 15 is 0 Å². The summed E-state index contributed by atoms with van der Waals surface area (Å²) in [6.45, 7) is 2.01. The summed E-state index contributed by atoms with van der Waals surface area (Å²) in [4.78, 5) is 2.43. The van der Waals surface area contributed by atoms with Crippen LogP contribution in [-0.4, -0.2) is 32.1 Å². The van der Waals surface area contributed by atoms with Crippen LogP contribution >= 0.6 is 0 Å². The molecule has 0 bridgehead atoms. The monoisotopic (exact) mass is 278 g/mol. The van der Waals surface area contributed by atoms with E-state index in [0.29, 0.717) is 6.04 Å². The number of benzene rings is 2. The molecule has 1 N–H and O–H groups in total. The minimum Gasteiger partial charge on any atom is -0.318 e. The molecule has 0 heterocycles. The molecule has 108 valence electrons. The van der Waals surface area contributed by atoms with Crippen molar-refractivity contribution in [3.05, 3.63) is 70.8 Å². The van der Waals surface area contributed by atoms with Crippen molar-refractivity contribution in [1.29, 1.82) is 0 Å². The van der Waals surface area contributed by atoms with E-state index < -0.39 is 0 Å². The van der Waals surface area contributed by atoms with Crippen LogP contribution in [0.3, 0.4) is 0 Å². The lowest BCUT2D eigenvalue weighted by Gasteiger charge is -2.30. The maximum Gasteiger partial charge on any atom is 0.0611 e. The Kier molecular flexibility index (Phi) is 4.18. The molecule has 2 heteroatoms. The van der Waals surface area contributed by atoms with Crippen LogP contribution in [0.15, 0.2) is 48.5 Å². The van der Waals surface area contributed by atoms with E-state index in [1.165, 1.54) is 22.3 Å². The molecule has 1 aliphatic carbocycles. The lowest BCUT2D eigenvalue weighted by molar-refractivity contribution is 0.280. The van der Waals surface area contributed by atoms with Gasteiger partial charge in [-0.25, -0.2) is 0 Å². The Hall–Kier alpha value is -1.90. The summed E-state index contributed by atoms with van der Waals surface area (Å²) in [5.74, 6) is 0. The molecular weight excluding hydrogens is 256 g/mol. The predicted molar refractivity (Wildman–Crippen MR) is 90.2 cm³/mol. The zero-order valence-corrected chi connectivity index (χ0v) is 12.7. The highest BCUT2D eigenvalue weighted by Crippen LogP contribution is 2.35. The van der Waals surface area contributed by atoms with Crippen LogP contribution < -0.4 is 5.32 Å². The Morgan fingerprint density at radius 2 is 1.43 bits per heavy atom. The van der Waals surface area contributed by atoms with Crippen molar-refractivity contribution in [3.8, 4) is 0 Å². The molecule has 0 atom stereocenters. The van der Waals surface area contributed by atoms with Crippen LogP contribution in [-0.2, 0) is 0 Å². The van der Waals surface area contributed by atoms with E-state index in [1.807, 2.05) is 7.05 Å². The minimum atomic E-state index is 0.306. The van der Waals surface area contributed by atoms with Gasteiger partial charge in [-0.05, 0) is 36.3 Å². The summed E-state index contributed by atoms with van der Waals surface area (Å²) in [7, 11) is 4.21. The summed E-state index contributed by atoms with van der Waals surface area (Å²) in [5.41, 5.74) is 5.40. The van der Waals surface area contributed by atoms with Gasteiger partial charge in [0.25, 0.3) is 0 Å². The van der Waals surface area contributed by atoms with Crippen molar-refractivity contribution in [1.82, 2.24) is 10.2 Å². The van der Waals surface area contributed by atoms with Crippen molar-refractivity contribution in [3.63, 3.8) is 0 Å². The quantitative estimate of drug-likeness (QED) is 0.922. The van der Waals surface area contributed by atoms with E-state index in [1.54, 1.807) is 0 Å². The second-order valence-corrected chi connectivity index (χ2v) is 5.58. The van der Waals surface area contributed by atoms with Gasteiger partial charge in [0, 0.05) is 13.1 Å². The van der Waals surface area contributed by atoms with Gasteiger partial charge in [-0.15, -0.1) is 0 Å². The SMILES string of the molecule is CNCCN(C)C1c2ccccc2C=Cc2ccccc21. The van der Waals surface area contributed by atoms with Crippen molar-refractivity contribution >= 4 is 12.2 Å². The standard InChI is InChI=1S/C19H22N2/c1-20-13-14-21(2)19-17-9-5-3-7-15(17)11-12-16-8-4-6-10-18(16)19/h3-12,19-20H,13-14H2,1-2H3. The first-order valence-electron chi connectivity index (χ1n) is 7.52. The predicted octanol–water partition coefficient (Wildman–Crippen LogP) is 3.41. The van der Waals surface area contributed by atoms with Gasteiger partial charge in [-0.1, -0.05) is 60.7 Å². The Labute approximate surface area is 127 Å². The average molecular weight is 278 g/mol. The van der Waals surface area contributed by atoms with Gasteiger partial charge < -0.3 is 5.32 Å². The molecule has 21 heavy (non-hydrogen) atoms. The molecule has 0 saturated heterocycles. The molecule has 0 radical (unpaired) electrons. The number of nitrogens with zero attached hydrogens (tertiary/aromatic N) is 1. The fourth-order valence-electron chi connectivity index (χ4n) is 3.06. The van der Waals surface area contributed by atoms with Crippen LogP contribution in [0.4, 0.5) is 0 Å². The number of fused-ring (bicyclic) bond motifs is 2. The Morgan fingerprint density at radius 3 is 1.95 bits per heavy atom. The second-order valence-electron chi connectivity index (χ2n) is 5.58. The molecule has 2 aromatic rings. The number of rotatable bonds is 4. The fourth-order valence-corrected chi connectivity index (χ4v) is 3.06. The Balaban J connectivity index is 2.10. The molecular formula is C19H22N2. The maximum atomic E-state index is 3.24. The first-order chi connectivity index (χ1) is 10.3. The zero-order chi connectivity index (χ0) is 14.7. The second kappa shape index (κ2) is 6.25. The highest BCUT2D eigenvalue weighted by Gasteiger charge is 2.24. The summed E-state index contributed by atoms with van der Waals surface area (Å²) in [6.07, 6.45) is 4.47. The third kappa shape index (κ3) is 2.78. The van der Waals surface area contributed by atoms with Crippen LogP contribution in [0.25, 0.3) is 12.2 Å². The number of hydrogen-bond acceptors (Lipinski definition) is 2. The van der Waals surface area contributed by atoms with Gasteiger partial charge in [-0.2, -0.15) is 0 Å². The van der Waals surface area contributed by atoms with Gasteiger partial charge in [-0.3, -0.25) is 4.90 Å². The van der Waals surface area contributed by atoms with Crippen molar-refractivity contribution < 1.29 is 0 Å². The topological polar surface area (TPSA) is 15.3 Å². The fraction of sp³-hybridized carbons (Fsp3) is 0.263. The lowest BCUT2D eigenvalue weighted by atomic mass is 9.93. The third-order valence-corrected chi connectivity index (χ3v) is 4.18. The van der Waals surface area contributed by atoms with E-state index in [0.717, 1.165) is 13.1 Å². The van der Waals surface area contributed by atoms with Gasteiger partial charge in [0.05, 0.1) is 6.04 Å². The van der Waals surface area contributed by atoms with Gasteiger partial charge in [0.2, 0.25) is 0 Å². The molecule has 2 nitrogen and oxygen atoms in total. The summed E-state index contributed by atoms with van der Waals surface area (Å²) < 4.78 is 0. The number of likely N-dealkylation sites (N-methyl/N-ethyl adjacent to an activating group) is 2. The first kappa shape index (κ1) is 14.1. The van der Waals surface area contributed by atoms with Crippen molar-refractivity contribution in [2.75, 3.05) is 27.2 Å². The van der Waals surface area contributed by atoms with E-state index in [-0.39, 0.29) is 0 Å². The Bertz CT molecular complexity index is 596. The summed E-state index contributed by atoms with van der Waals surface area (Å²) in [6, 6.07) is 17.7. The minimum absolute atomic E-state index is 0.306. The molecule has 3 rings (SSSR count). The average Bonchev–Trinajstić information content (AvgIpc) is 2.69. The molecule has 0 fully saturated rings. The van der Waals surface area contributed by atoms with Gasteiger partial charge in [0.15, 0.2) is 0 Å². The highest BCUT2D eigenvalue weighted by atomic mass is 15.1. The van der Waals surface area contributed by atoms with Crippen molar-refractivity contribution in [2.45, 2.75) is 6.04 Å². The van der Waals surface area contributed by atoms with Crippen LogP contribution in [0.1, 0.15) is 28.3 Å². The molecule has 0 amide bonds. The lowest BCUT2D eigenvalue weighted by Crippen LogP contribution is -2.32. The smallest absolute Gasteiger partial charge is 0.0611 e. The van der Waals surface area contributed by atoms with Crippen LogP contribution in [0.2, 0.25) is 0 Å². The Morgan fingerprint density at radius 1 is 0.905 bits per heavy atom. The van der Waals surface area contributed by atoms with Crippen LogP contribution in [0, 0.1) is 0 Å². The third-order valence-electron chi connectivity index (χ3n) is 4.18. The molecule has 1 aliphatic rings. The van der Waals surface area contributed by atoms with Gasteiger partial charge in [0.1, 0.15) is 0 Å². The molecule has 0 aliphatic heterocycles. The van der Waals surface area contributed by atoms with Crippen molar-refractivity contribution in [2.24, 2.45) is 0 Å². The summed E-state index contributed by atoms with van der Waals surface area (Å²) in [5, 5.41) is 3.24. The molecule has 2 aromatic carbocycles. The van der Waals surface area contributed by atoms with Gasteiger partial charge >= 0.3 is 0 Å². The number of hydrogen-bond donors (Lipinski definition) is 1. The zero-order valence-electron chi connectivity index (χ0n) is 12.7.